The van der Waals surface area contributed by atoms with Crippen molar-refractivity contribution < 1.29 is 4.79 Å². The molecule has 0 amide bonds. The Morgan fingerprint density at radius 1 is 0.778 bits per heavy atom. The summed E-state index contributed by atoms with van der Waals surface area (Å²) in [5, 5.41) is 14.9. The summed E-state index contributed by atoms with van der Waals surface area (Å²) < 4.78 is 0. The summed E-state index contributed by atoms with van der Waals surface area (Å²) in [7, 11) is 0. The van der Waals surface area contributed by atoms with Crippen LogP contribution in [0.4, 0.5) is 11.4 Å². The molecule has 7 heteroatoms. The smallest absolute Gasteiger partial charge is 0.234 e. The molecule has 4 aromatic rings. The van der Waals surface area contributed by atoms with Crippen molar-refractivity contribution in [3.8, 4) is 0 Å². The van der Waals surface area contributed by atoms with E-state index in [2.05, 4.69) is 24.3 Å². The van der Waals surface area contributed by atoms with E-state index < -0.39 is 4.99 Å². The van der Waals surface area contributed by atoms with E-state index in [1.807, 2.05) is 94.9 Å². The van der Waals surface area contributed by atoms with Crippen molar-refractivity contribution in [2.75, 3.05) is 10.0 Å². The van der Waals surface area contributed by atoms with Gasteiger partial charge >= 0.3 is 0 Å². The Hall–Kier alpha value is -3.87. The van der Waals surface area contributed by atoms with Gasteiger partial charge in [0.05, 0.1) is 17.1 Å². The Morgan fingerprint density at radius 3 is 2.14 bits per heavy atom. The molecule has 2 heterocycles. The van der Waals surface area contributed by atoms with Gasteiger partial charge in [0.15, 0.2) is 10.8 Å². The first-order valence-corrected chi connectivity index (χ1v) is 12.7. The van der Waals surface area contributed by atoms with E-state index in [4.69, 9.17) is 21.8 Å². The monoisotopic (exact) mass is 508 g/mol. The highest BCUT2D eigenvalue weighted by Gasteiger charge is 2.55. The zero-order valence-electron chi connectivity index (χ0n) is 19.4. The standard InChI is InChI=1S/C29H21ClN4OS/c1-20(35)28-32-34(24-16-10-13-22(30)19-24)29(36-28)26-18-9-8-17-25(26)27(21-11-4-2-5-12-21)31-33(29)23-14-6-3-7-15-23/h2-19H,1H3/t29-/m0/s1. The average Bonchev–Trinajstić information content (AvgIpc) is 3.31. The lowest BCUT2D eigenvalue weighted by Gasteiger charge is -2.47. The van der Waals surface area contributed by atoms with Gasteiger partial charge in [-0.05, 0) is 42.1 Å². The summed E-state index contributed by atoms with van der Waals surface area (Å²) in [5.74, 6) is -0.104. The van der Waals surface area contributed by atoms with Gasteiger partial charge in [-0.3, -0.25) is 4.79 Å². The van der Waals surface area contributed by atoms with Crippen LogP contribution in [0.15, 0.2) is 119 Å². The lowest BCUT2D eigenvalue weighted by atomic mass is 9.93. The molecule has 0 aliphatic carbocycles. The summed E-state index contributed by atoms with van der Waals surface area (Å²) in [4.78, 5) is 11.7. The number of carbonyl (C=O) groups is 1. The van der Waals surface area contributed by atoms with E-state index in [9.17, 15) is 4.79 Å². The summed E-state index contributed by atoms with van der Waals surface area (Å²) in [6.45, 7) is 1.54. The third-order valence-corrected chi connectivity index (χ3v) is 7.79. The number of carbonyl (C=O) groups excluding carboxylic acids is 1. The van der Waals surface area contributed by atoms with Crippen LogP contribution >= 0.6 is 23.4 Å². The van der Waals surface area contributed by atoms with Crippen molar-refractivity contribution in [3.05, 3.63) is 131 Å². The van der Waals surface area contributed by atoms with Crippen molar-refractivity contribution in [1.82, 2.24) is 0 Å². The molecule has 0 unspecified atom stereocenters. The maximum atomic E-state index is 12.7. The maximum absolute atomic E-state index is 12.7. The van der Waals surface area contributed by atoms with Gasteiger partial charge in [0.2, 0.25) is 4.99 Å². The molecule has 0 saturated heterocycles. The third kappa shape index (κ3) is 3.61. The summed E-state index contributed by atoms with van der Waals surface area (Å²) >= 11 is 7.81. The number of rotatable bonds is 4. The zero-order chi connectivity index (χ0) is 24.7. The van der Waals surface area contributed by atoms with Gasteiger partial charge in [-0.2, -0.15) is 10.2 Å². The molecule has 0 N–H and O–H groups in total. The van der Waals surface area contributed by atoms with Gasteiger partial charge in [-0.1, -0.05) is 90.5 Å². The summed E-state index contributed by atoms with van der Waals surface area (Å²) in [5.41, 5.74) is 5.46. The molecule has 0 aromatic heterocycles. The number of fused-ring (bicyclic) bond motifs is 2. The first-order valence-electron chi connectivity index (χ1n) is 11.5. The molecule has 2 aliphatic rings. The Morgan fingerprint density at radius 2 is 1.42 bits per heavy atom. The molecule has 4 aromatic carbocycles. The summed E-state index contributed by atoms with van der Waals surface area (Å²) in [6.07, 6.45) is 0. The highest BCUT2D eigenvalue weighted by Crippen LogP contribution is 2.55. The lowest BCUT2D eigenvalue weighted by molar-refractivity contribution is -0.110. The molecule has 0 bridgehead atoms. The largest absolute Gasteiger partial charge is 0.292 e. The fourth-order valence-corrected chi connectivity index (χ4v) is 6.04. The number of nitrogens with zero attached hydrogens (tertiary/aromatic N) is 4. The van der Waals surface area contributed by atoms with Gasteiger partial charge < -0.3 is 0 Å². The summed E-state index contributed by atoms with van der Waals surface area (Å²) in [6, 6.07) is 35.8. The second-order valence-electron chi connectivity index (χ2n) is 8.47. The van der Waals surface area contributed by atoms with Gasteiger partial charge in [-0.15, -0.1) is 0 Å². The van der Waals surface area contributed by atoms with Gasteiger partial charge in [0.25, 0.3) is 0 Å². The molecule has 1 spiro atoms. The molecule has 6 rings (SSSR count). The van der Waals surface area contributed by atoms with E-state index in [1.165, 1.54) is 11.8 Å². The minimum absolute atomic E-state index is 0.104. The first-order chi connectivity index (χ1) is 17.6. The highest BCUT2D eigenvalue weighted by atomic mass is 35.5. The van der Waals surface area contributed by atoms with Crippen LogP contribution in [-0.4, -0.2) is 16.5 Å². The van der Waals surface area contributed by atoms with Crippen molar-refractivity contribution in [3.63, 3.8) is 0 Å². The number of ketones is 1. The van der Waals surface area contributed by atoms with Crippen LogP contribution in [0.25, 0.3) is 0 Å². The highest BCUT2D eigenvalue weighted by molar-refractivity contribution is 8.17. The molecule has 176 valence electrons. The van der Waals surface area contributed by atoms with Crippen molar-refractivity contribution >= 4 is 51.3 Å². The van der Waals surface area contributed by atoms with Gasteiger partial charge in [0.1, 0.15) is 0 Å². The second kappa shape index (κ2) is 8.97. The average molecular weight is 509 g/mol. The number of para-hydroxylation sites is 1. The third-order valence-electron chi connectivity index (χ3n) is 6.14. The van der Waals surface area contributed by atoms with Gasteiger partial charge in [0, 0.05) is 28.6 Å². The fraction of sp³-hybridized carbons (Fsp3) is 0.0690. The van der Waals surface area contributed by atoms with Crippen LogP contribution in [0.3, 0.4) is 0 Å². The van der Waals surface area contributed by atoms with E-state index in [0.717, 1.165) is 33.8 Å². The molecule has 2 aliphatic heterocycles. The molecule has 1 atom stereocenters. The van der Waals surface area contributed by atoms with Crippen molar-refractivity contribution in [1.29, 1.82) is 0 Å². The Balaban J connectivity index is 1.67. The number of thioether (sulfide) groups is 1. The minimum atomic E-state index is -0.984. The second-order valence-corrected chi connectivity index (χ2v) is 10.1. The quantitative estimate of drug-likeness (QED) is 0.301. The van der Waals surface area contributed by atoms with E-state index in [1.54, 1.807) is 6.92 Å². The molecular formula is C29H21ClN4OS. The number of anilines is 2. The van der Waals surface area contributed by atoms with Crippen LogP contribution in [-0.2, 0) is 9.79 Å². The fourth-order valence-electron chi connectivity index (χ4n) is 4.56. The normalized spacial score (nSPS) is 18.6. The number of benzene rings is 4. The Labute approximate surface area is 218 Å². The van der Waals surface area contributed by atoms with Crippen molar-refractivity contribution in [2.24, 2.45) is 10.2 Å². The van der Waals surface area contributed by atoms with Crippen LogP contribution in [0.2, 0.25) is 5.02 Å². The minimum Gasteiger partial charge on any atom is -0.292 e. The number of Topliss-reactive ketones (excluding diaryl/α,β-unsaturated/α-hetero) is 1. The van der Waals surface area contributed by atoms with Crippen LogP contribution in [0, 0.1) is 0 Å². The number of hydrogen-bond acceptors (Lipinski definition) is 6. The van der Waals surface area contributed by atoms with E-state index in [0.29, 0.717) is 10.1 Å². The Kier molecular flexibility index (Phi) is 5.63. The molecule has 0 radical (unpaired) electrons. The Bertz CT molecular complexity index is 1520. The SMILES string of the molecule is CC(=O)C1=NN(c2cccc(Cl)c2)[C@]2(S1)c1ccccc1C(c1ccccc1)=NN2c1ccccc1. The van der Waals surface area contributed by atoms with Crippen molar-refractivity contribution in [2.45, 2.75) is 11.9 Å². The molecule has 0 fully saturated rings. The molecular weight excluding hydrogens is 488 g/mol. The van der Waals surface area contributed by atoms with Gasteiger partial charge in [-0.25, -0.2) is 10.0 Å². The number of halogens is 1. The lowest BCUT2D eigenvalue weighted by Crippen LogP contribution is -2.54. The van der Waals surface area contributed by atoms with Crippen LogP contribution < -0.4 is 10.0 Å². The predicted molar refractivity (Wildman–Crippen MR) is 149 cm³/mol. The van der Waals surface area contributed by atoms with Crippen LogP contribution in [0.5, 0.6) is 0 Å². The molecule has 0 saturated carbocycles. The maximum Gasteiger partial charge on any atom is 0.234 e. The topological polar surface area (TPSA) is 48.3 Å². The molecule has 36 heavy (non-hydrogen) atoms. The predicted octanol–water partition coefficient (Wildman–Crippen LogP) is 6.88. The molecule has 5 nitrogen and oxygen atoms in total. The first kappa shape index (κ1) is 22.6. The van der Waals surface area contributed by atoms with E-state index in [-0.39, 0.29) is 5.78 Å². The number of hydrogen-bond donors (Lipinski definition) is 0. The zero-order valence-corrected chi connectivity index (χ0v) is 20.9. The van der Waals surface area contributed by atoms with Crippen LogP contribution in [0.1, 0.15) is 23.6 Å². The number of hydrazone groups is 2. The van der Waals surface area contributed by atoms with E-state index >= 15 is 0 Å².